The average molecular weight is 455 g/mol. The second-order valence-electron chi connectivity index (χ2n) is 4.69. The van der Waals surface area contributed by atoms with Crippen molar-refractivity contribution in [2.24, 2.45) is 4.99 Å². The molecule has 1 aliphatic carbocycles. The fourth-order valence-corrected chi connectivity index (χ4v) is 3.00. The number of alkyl halides is 2. The van der Waals surface area contributed by atoms with Crippen molar-refractivity contribution in [3.63, 3.8) is 0 Å². The second-order valence-corrected chi connectivity index (χ2v) is 6.34. The van der Waals surface area contributed by atoms with E-state index < -0.39 is 23.9 Å². The van der Waals surface area contributed by atoms with E-state index in [1.165, 1.54) is 12.1 Å². The molecule has 0 amide bonds. The average Bonchev–Trinajstić information content (AvgIpc) is 3.27. The van der Waals surface area contributed by atoms with Crippen molar-refractivity contribution in [3.05, 3.63) is 32.2 Å². The van der Waals surface area contributed by atoms with Gasteiger partial charge in [0.1, 0.15) is 11.3 Å². The normalized spacial score (nSPS) is 15.9. The Balaban J connectivity index is 2.49. The van der Waals surface area contributed by atoms with Crippen molar-refractivity contribution in [2.75, 3.05) is 0 Å². The Hall–Kier alpha value is -1.48. The van der Waals surface area contributed by atoms with Gasteiger partial charge in [-0.05, 0) is 56.8 Å². The van der Waals surface area contributed by atoms with Crippen LogP contribution in [0.15, 0.2) is 31.6 Å². The Morgan fingerprint density at radius 2 is 2.00 bits per heavy atom. The van der Waals surface area contributed by atoms with Crippen LogP contribution >= 0.6 is 31.9 Å². The van der Waals surface area contributed by atoms with Crippen molar-refractivity contribution >= 4 is 49.8 Å². The summed E-state index contributed by atoms with van der Waals surface area (Å²) in [6.45, 7) is -3.07. The summed E-state index contributed by atoms with van der Waals surface area (Å²) in [7, 11) is 0. The minimum absolute atomic E-state index is 0.00301. The topological polar surface area (TPSA) is 79.1 Å². The standard InChI is InChI=1S/C14H11Br2F2NO4/c15-9-4-3-7(10(16)12(9)23-14(17)18)11(20)8(13(21)22)5-19-6-1-2-6/h3-6,14,20H,1-2H2,(H,21,22)/b11-8+,19-5?. The van der Waals surface area contributed by atoms with Gasteiger partial charge >= 0.3 is 12.6 Å². The third-order valence-corrected chi connectivity index (χ3v) is 4.37. The largest absolute Gasteiger partial charge is 0.506 e. The first-order valence-electron chi connectivity index (χ1n) is 6.44. The first-order valence-corrected chi connectivity index (χ1v) is 8.02. The Kier molecular flexibility index (Phi) is 5.74. The molecule has 0 aromatic heterocycles. The SMILES string of the molecule is O=C(O)/C(C=NC1CC1)=C(/O)c1ccc(Br)c(OC(F)F)c1Br. The number of carboxylic acid groups (broad SMARTS) is 1. The minimum Gasteiger partial charge on any atom is -0.506 e. The molecule has 1 aromatic carbocycles. The Labute approximate surface area is 146 Å². The number of ether oxygens (including phenoxy) is 1. The summed E-state index contributed by atoms with van der Waals surface area (Å²) in [6.07, 6.45) is 2.83. The van der Waals surface area contributed by atoms with Crippen LogP contribution in [-0.2, 0) is 4.79 Å². The van der Waals surface area contributed by atoms with E-state index in [-0.39, 0.29) is 26.3 Å². The molecule has 0 spiro atoms. The summed E-state index contributed by atoms with van der Waals surface area (Å²) in [5, 5.41) is 19.4. The first-order chi connectivity index (χ1) is 10.8. The highest BCUT2D eigenvalue weighted by Crippen LogP contribution is 2.39. The number of hydrogen-bond acceptors (Lipinski definition) is 4. The maximum absolute atomic E-state index is 12.5. The molecule has 1 fully saturated rings. The lowest BCUT2D eigenvalue weighted by molar-refractivity contribution is -0.132. The Morgan fingerprint density at radius 1 is 1.35 bits per heavy atom. The maximum Gasteiger partial charge on any atom is 0.387 e. The lowest BCUT2D eigenvalue weighted by Crippen LogP contribution is -2.08. The summed E-state index contributed by atoms with van der Waals surface area (Å²) in [5.41, 5.74) is -0.425. The monoisotopic (exact) mass is 453 g/mol. The number of nitrogens with zero attached hydrogens (tertiary/aromatic N) is 1. The first kappa shape index (κ1) is 17.9. The van der Waals surface area contributed by atoms with Crippen LogP contribution in [0.5, 0.6) is 5.75 Å². The van der Waals surface area contributed by atoms with Gasteiger partial charge in [-0.25, -0.2) is 4.79 Å². The van der Waals surface area contributed by atoms with Crippen molar-refractivity contribution in [1.82, 2.24) is 0 Å². The number of carboxylic acids is 1. The Bertz CT molecular complexity index is 688. The quantitative estimate of drug-likeness (QED) is 0.379. The Morgan fingerprint density at radius 3 is 2.52 bits per heavy atom. The molecular formula is C14H11Br2F2NO4. The third-order valence-electron chi connectivity index (χ3n) is 2.96. The molecule has 1 aromatic rings. The highest BCUT2D eigenvalue weighted by Gasteiger charge is 2.23. The molecule has 2 rings (SSSR count). The molecule has 0 aliphatic heterocycles. The molecule has 5 nitrogen and oxygen atoms in total. The molecule has 1 saturated carbocycles. The molecule has 1 aliphatic rings. The highest BCUT2D eigenvalue weighted by atomic mass is 79.9. The number of benzene rings is 1. The van der Waals surface area contributed by atoms with Crippen LogP contribution in [0.1, 0.15) is 18.4 Å². The molecule has 9 heteroatoms. The van der Waals surface area contributed by atoms with Crippen LogP contribution in [0, 0.1) is 0 Å². The van der Waals surface area contributed by atoms with Crippen LogP contribution < -0.4 is 4.74 Å². The van der Waals surface area contributed by atoms with Gasteiger partial charge < -0.3 is 14.9 Å². The maximum atomic E-state index is 12.5. The zero-order valence-electron chi connectivity index (χ0n) is 11.5. The van der Waals surface area contributed by atoms with E-state index in [9.17, 15) is 23.8 Å². The third kappa shape index (κ3) is 4.51. The molecular weight excluding hydrogens is 444 g/mol. The number of aliphatic hydroxyl groups is 1. The summed E-state index contributed by atoms with van der Waals surface area (Å²) < 4.78 is 29.5. The van der Waals surface area contributed by atoms with Gasteiger partial charge in [-0.3, -0.25) is 4.99 Å². The number of rotatable bonds is 6. The van der Waals surface area contributed by atoms with E-state index in [1.807, 2.05) is 0 Å². The fraction of sp³-hybridized carbons (Fsp3) is 0.286. The van der Waals surface area contributed by atoms with Gasteiger partial charge in [0.25, 0.3) is 0 Å². The molecule has 124 valence electrons. The molecule has 0 unspecified atom stereocenters. The minimum atomic E-state index is -3.07. The number of halogens is 4. The summed E-state index contributed by atoms with van der Waals surface area (Å²) in [5.74, 6) is -2.22. The van der Waals surface area contributed by atoms with E-state index in [4.69, 9.17) is 0 Å². The van der Waals surface area contributed by atoms with E-state index in [1.54, 1.807) is 0 Å². The highest BCUT2D eigenvalue weighted by molar-refractivity contribution is 9.11. The molecule has 23 heavy (non-hydrogen) atoms. The molecule has 2 N–H and O–H groups in total. The number of carbonyl (C=O) groups is 1. The van der Waals surface area contributed by atoms with E-state index >= 15 is 0 Å². The van der Waals surface area contributed by atoms with Crippen LogP contribution in [0.25, 0.3) is 5.76 Å². The fourth-order valence-electron chi connectivity index (χ4n) is 1.68. The smallest absolute Gasteiger partial charge is 0.387 e. The van der Waals surface area contributed by atoms with Crippen LogP contribution in [0.2, 0.25) is 0 Å². The lowest BCUT2D eigenvalue weighted by Gasteiger charge is -2.13. The predicted octanol–water partition coefficient (Wildman–Crippen LogP) is 4.40. The zero-order valence-corrected chi connectivity index (χ0v) is 14.6. The van der Waals surface area contributed by atoms with E-state index in [0.717, 1.165) is 19.1 Å². The van der Waals surface area contributed by atoms with Gasteiger partial charge in [0.05, 0.1) is 15.0 Å². The van der Waals surface area contributed by atoms with Crippen LogP contribution in [0.4, 0.5) is 8.78 Å². The van der Waals surface area contributed by atoms with E-state index in [2.05, 4.69) is 41.6 Å². The van der Waals surface area contributed by atoms with Gasteiger partial charge in [0, 0.05) is 11.8 Å². The molecule has 0 bridgehead atoms. The summed E-state index contributed by atoms with van der Waals surface area (Å²) in [6, 6.07) is 2.81. The summed E-state index contributed by atoms with van der Waals surface area (Å²) >= 11 is 6.11. The lowest BCUT2D eigenvalue weighted by atomic mass is 10.1. The van der Waals surface area contributed by atoms with Gasteiger partial charge in [-0.1, -0.05) is 0 Å². The molecule has 0 atom stereocenters. The van der Waals surface area contributed by atoms with Gasteiger partial charge in [-0.2, -0.15) is 8.78 Å². The van der Waals surface area contributed by atoms with Crippen LogP contribution in [-0.4, -0.2) is 35.1 Å². The molecule has 0 radical (unpaired) electrons. The molecule has 0 heterocycles. The predicted molar refractivity (Wildman–Crippen MR) is 87.2 cm³/mol. The van der Waals surface area contributed by atoms with Crippen molar-refractivity contribution < 1.29 is 28.5 Å². The summed E-state index contributed by atoms with van der Waals surface area (Å²) in [4.78, 5) is 15.3. The second kappa shape index (κ2) is 7.39. The van der Waals surface area contributed by atoms with Gasteiger partial charge in [0.2, 0.25) is 0 Å². The van der Waals surface area contributed by atoms with Crippen molar-refractivity contribution in [3.8, 4) is 5.75 Å². The van der Waals surface area contributed by atoms with Gasteiger partial charge in [0.15, 0.2) is 5.75 Å². The van der Waals surface area contributed by atoms with Gasteiger partial charge in [-0.15, -0.1) is 0 Å². The zero-order chi connectivity index (χ0) is 17.1. The van der Waals surface area contributed by atoms with Crippen LogP contribution in [0.3, 0.4) is 0 Å². The van der Waals surface area contributed by atoms with Crippen molar-refractivity contribution in [2.45, 2.75) is 25.5 Å². The van der Waals surface area contributed by atoms with Crippen molar-refractivity contribution in [1.29, 1.82) is 0 Å². The number of aliphatic imine (C=N–C) groups is 1. The number of hydrogen-bond donors (Lipinski definition) is 2. The van der Waals surface area contributed by atoms with E-state index in [0.29, 0.717) is 0 Å². The molecule has 0 saturated heterocycles. The number of aliphatic carboxylic acids is 1. The number of aliphatic hydroxyl groups excluding tert-OH is 1.